The average Bonchev–Trinajstić information content (AvgIpc) is 2.57. The Morgan fingerprint density at radius 1 is 1.12 bits per heavy atom. The summed E-state index contributed by atoms with van der Waals surface area (Å²) >= 11 is 12.0. The van der Waals surface area contributed by atoms with Gasteiger partial charge < -0.3 is 4.74 Å². The largest absolute Gasteiger partial charge is 0.497 e. The number of sulfone groups is 1. The highest BCUT2D eigenvalue weighted by Crippen LogP contribution is 2.34. The van der Waals surface area contributed by atoms with E-state index in [2.05, 4.69) is 4.98 Å². The number of hydrogen-bond donors (Lipinski definition) is 0. The molecular formula is C16H10Cl2FNO3S. The number of halogens is 3. The summed E-state index contributed by atoms with van der Waals surface area (Å²) in [6, 6.07) is 8.12. The van der Waals surface area contributed by atoms with Gasteiger partial charge in [0.25, 0.3) is 0 Å². The Morgan fingerprint density at radius 3 is 2.54 bits per heavy atom. The smallest absolute Gasteiger partial charge is 0.209 e. The van der Waals surface area contributed by atoms with Gasteiger partial charge in [-0.25, -0.2) is 12.8 Å². The van der Waals surface area contributed by atoms with Crippen LogP contribution >= 0.6 is 23.2 Å². The molecule has 8 heteroatoms. The maximum absolute atomic E-state index is 13.3. The Balaban J connectivity index is 2.24. The predicted octanol–water partition coefficient (Wildman–Crippen LogP) is 4.52. The minimum Gasteiger partial charge on any atom is -0.497 e. The molecule has 1 heterocycles. The molecule has 4 nitrogen and oxygen atoms in total. The van der Waals surface area contributed by atoms with Gasteiger partial charge in [-0.1, -0.05) is 23.2 Å². The Bertz CT molecular complexity index is 1050. The van der Waals surface area contributed by atoms with Gasteiger partial charge in [-0.2, -0.15) is 0 Å². The van der Waals surface area contributed by atoms with Crippen LogP contribution in [0.25, 0.3) is 10.9 Å². The zero-order chi connectivity index (χ0) is 17.5. The summed E-state index contributed by atoms with van der Waals surface area (Å²) in [7, 11) is -2.52. The molecule has 0 aliphatic rings. The van der Waals surface area contributed by atoms with E-state index < -0.39 is 15.7 Å². The summed E-state index contributed by atoms with van der Waals surface area (Å²) in [5.74, 6) is -0.186. The molecular weight excluding hydrogens is 376 g/mol. The lowest BCUT2D eigenvalue weighted by Crippen LogP contribution is -2.04. The van der Waals surface area contributed by atoms with Crippen LogP contribution in [0.3, 0.4) is 0 Å². The van der Waals surface area contributed by atoms with E-state index in [1.165, 1.54) is 13.3 Å². The Kier molecular flexibility index (Phi) is 4.38. The van der Waals surface area contributed by atoms with E-state index in [-0.39, 0.29) is 19.8 Å². The molecule has 24 heavy (non-hydrogen) atoms. The highest BCUT2D eigenvalue weighted by molar-refractivity contribution is 7.91. The number of nitrogens with zero attached hydrogens (tertiary/aromatic N) is 1. The van der Waals surface area contributed by atoms with Gasteiger partial charge >= 0.3 is 0 Å². The maximum atomic E-state index is 13.3. The van der Waals surface area contributed by atoms with Gasteiger partial charge in [-0.15, -0.1) is 0 Å². The molecule has 0 saturated heterocycles. The fourth-order valence-electron chi connectivity index (χ4n) is 2.21. The fraction of sp³-hybridized carbons (Fsp3) is 0.0625. The second kappa shape index (κ2) is 6.20. The number of fused-ring (bicyclic) bond motifs is 1. The van der Waals surface area contributed by atoms with Crippen molar-refractivity contribution in [1.29, 1.82) is 0 Å². The lowest BCUT2D eigenvalue weighted by Gasteiger charge is -2.10. The number of ether oxygens (including phenoxy) is 1. The van der Waals surface area contributed by atoms with E-state index in [0.717, 1.165) is 18.2 Å². The molecule has 0 radical (unpaired) electrons. The van der Waals surface area contributed by atoms with Crippen LogP contribution in [0, 0.1) is 5.82 Å². The molecule has 0 aliphatic heterocycles. The highest BCUT2D eigenvalue weighted by atomic mass is 35.5. The molecule has 0 N–H and O–H groups in total. The van der Waals surface area contributed by atoms with Gasteiger partial charge in [-0.3, -0.25) is 4.98 Å². The number of hydrogen-bond acceptors (Lipinski definition) is 4. The summed E-state index contributed by atoms with van der Waals surface area (Å²) in [5, 5.41) is 0.160. The third-order valence-electron chi connectivity index (χ3n) is 3.47. The number of methoxy groups -OCH3 is 1. The molecule has 0 spiro atoms. The predicted molar refractivity (Wildman–Crippen MR) is 90.2 cm³/mol. The van der Waals surface area contributed by atoms with Gasteiger partial charge in [0.2, 0.25) is 9.84 Å². The zero-order valence-electron chi connectivity index (χ0n) is 12.3. The highest BCUT2D eigenvalue weighted by Gasteiger charge is 2.24. The molecule has 0 fully saturated rings. The first-order chi connectivity index (χ1) is 11.3. The van der Waals surface area contributed by atoms with Crippen LogP contribution in [0.5, 0.6) is 5.75 Å². The normalized spacial score (nSPS) is 11.7. The molecule has 3 rings (SSSR count). The summed E-state index contributed by atoms with van der Waals surface area (Å²) < 4.78 is 44.0. The summed E-state index contributed by atoms with van der Waals surface area (Å²) in [6.07, 6.45) is 1.17. The molecule has 3 aromatic rings. The summed E-state index contributed by atoms with van der Waals surface area (Å²) in [4.78, 5) is 3.77. The number of benzene rings is 2. The molecule has 0 bridgehead atoms. The topological polar surface area (TPSA) is 56.3 Å². The molecule has 0 amide bonds. The second-order valence-electron chi connectivity index (χ2n) is 4.90. The van der Waals surface area contributed by atoms with Crippen molar-refractivity contribution in [2.24, 2.45) is 0 Å². The van der Waals surface area contributed by atoms with Gasteiger partial charge in [0.05, 0.1) is 27.6 Å². The standard InChI is InChI=1S/C16H10Cl2FNO3S/c1-23-9-2-5-14-11(6-9)16(18)15(8-20-14)24(21,22)10-3-4-13(19)12(17)7-10/h2-8H,1H3. The van der Waals surface area contributed by atoms with Crippen LogP contribution in [-0.4, -0.2) is 20.5 Å². The number of pyridine rings is 1. The van der Waals surface area contributed by atoms with E-state index in [9.17, 15) is 12.8 Å². The quantitative estimate of drug-likeness (QED) is 0.621. The van der Waals surface area contributed by atoms with Crippen LogP contribution in [0.1, 0.15) is 0 Å². The zero-order valence-corrected chi connectivity index (χ0v) is 14.6. The van der Waals surface area contributed by atoms with Crippen LogP contribution in [-0.2, 0) is 9.84 Å². The molecule has 124 valence electrons. The van der Waals surface area contributed by atoms with Crippen molar-refractivity contribution in [3.8, 4) is 5.75 Å². The summed E-state index contributed by atoms with van der Waals surface area (Å²) in [6.45, 7) is 0. The molecule has 1 aromatic heterocycles. The molecule has 2 aromatic carbocycles. The summed E-state index contributed by atoms with van der Waals surface area (Å²) in [5.41, 5.74) is 0.525. The molecule has 0 aliphatic carbocycles. The first kappa shape index (κ1) is 17.0. The van der Waals surface area contributed by atoms with Crippen LogP contribution < -0.4 is 4.74 Å². The van der Waals surface area contributed by atoms with Crippen molar-refractivity contribution in [3.05, 3.63) is 58.5 Å². The third kappa shape index (κ3) is 2.81. The Labute approximate surface area is 147 Å². The maximum Gasteiger partial charge on any atom is 0.209 e. The van der Waals surface area contributed by atoms with Crippen molar-refractivity contribution in [2.75, 3.05) is 7.11 Å². The van der Waals surface area contributed by atoms with Crippen molar-refractivity contribution >= 4 is 43.9 Å². The van der Waals surface area contributed by atoms with Crippen molar-refractivity contribution in [1.82, 2.24) is 4.98 Å². The minimum absolute atomic E-state index is 0.0133. The lowest BCUT2D eigenvalue weighted by atomic mass is 10.2. The Morgan fingerprint density at radius 2 is 1.88 bits per heavy atom. The van der Waals surface area contributed by atoms with Crippen LogP contribution in [0.4, 0.5) is 4.39 Å². The van der Waals surface area contributed by atoms with Crippen molar-refractivity contribution in [2.45, 2.75) is 9.79 Å². The number of rotatable bonds is 3. The monoisotopic (exact) mass is 385 g/mol. The first-order valence-corrected chi connectivity index (χ1v) is 8.91. The minimum atomic E-state index is -4.01. The van der Waals surface area contributed by atoms with Crippen molar-refractivity contribution < 1.29 is 17.5 Å². The van der Waals surface area contributed by atoms with Gasteiger partial charge in [0.15, 0.2) is 0 Å². The van der Waals surface area contributed by atoms with Gasteiger partial charge in [0.1, 0.15) is 16.5 Å². The third-order valence-corrected chi connectivity index (χ3v) is 6.04. The fourth-order valence-corrected chi connectivity index (χ4v) is 4.27. The van der Waals surface area contributed by atoms with E-state index in [0.29, 0.717) is 16.7 Å². The SMILES string of the molecule is COc1ccc2ncc(S(=O)(=O)c3ccc(F)c(Cl)c3)c(Cl)c2c1. The van der Waals surface area contributed by atoms with E-state index in [1.54, 1.807) is 18.2 Å². The second-order valence-corrected chi connectivity index (χ2v) is 7.60. The Hall–Kier alpha value is -1.89. The van der Waals surface area contributed by atoms with E-state index in [4.69, 9.17) is 27.9 Å². The van der Waals surface area contributed by atoms with E-state index >= 15 is 0 Å². The van der Waals surface area contributed by atoms with Gasteiger partial charge in [0, 0.05) is 11.6 Å². The average molecular weight is 386 g/mol. The van der Waals surface area contributed by atoms with Crippen LogP contribution in [0.2, 0.25) is 10.0 Å². The van der Waals surface area contributed by atoms with Crippen molar-refractivity contribution in [3.63, 3.8) is 0 Å². The van der Waals surface area contributed by atoms with Crippen LogP contribution in [0.15, 0.2) is 52.4 Å². The van der Waals surface area contributed by atoms with E-state index in [1.807, 2.05) is 0 Å². The number of aromatic nitrogens is 1. The molecule has 0 saturated carbocycles. The lowest BCUT2D eigenvalue weighted by molar-refractivity contribution is 0.415. The first-order valence-electron chi connectivity index (χ1n) is 6.67. The molecule has 0 unspecified atom stereocenters. The molecule has 0 atom stereocenters. The van der Waals surface area contributed by atoms with Gasteiger partial charge in [-0.05, 0) is 36.4 Å².